The molecule has 3 rings (SSSR count). The predicted octanol–water partition coefficient (Wildman–Crippen LogP) is 4.70. The van der Waals surface area contributed by atoms with E-state index in [-0.39, 0.29) is 29.9 Å². The fourth-order valence-corrected chi connectivity index (χ4v) is 3.06. The molecule has 28 heavy (non-hydrogen) atoms. The van der Waals surface area contributed by atoms with Crippen LogP contribution in [0.2, 0.25) is 0 Å². The van der Waals surface area contributed by atoms with Crippen LogP contribution in [0.4, 0.5) is 10.1 Å². The molecule has 3 aromatic rings. The van der Waals surface area contributed by atoms with E-state index in [0.29, 0.717) is 21.5 Å². The van der Waals surface area contributed by atoms with Gasteiger partial charge in [0, 0.05) is 13.6 Å². The third kappa shape index (κ3) is 4.31. The number of benzene rings is 2. The van der Waals surface area contributed by atoms with Crippen LogP contribution < -0.4 is 10.2 Å². The number of rotatable bonds is 5. The lowest BCUT2D eigenvalue weighted by Gasteiger charge is -2.19. The maximum Gasteiger partial charge on any atom is 0.293 e. The zero-order chi connectivity index (χ0) is 20.3. The average molecular weight is 445 g/mol. The number of halogens is 2. The first kappa shape index (κ1) is 19.8. The fourth-order valence-electron chi connectivity index (χ4n) is 2.76. The summed E-state index contributed by atoms with van der Waals surface area (Å²) in [5.41, 5.74) is 2.10. The molecule has 0 radical (unpaired) electrons. The van der Waals surface area contributed by atoms with Crippen LogP contribution in [0.1, 0.15) is 32.0 Å². The number of anilines is 1. The molecule has 0 aliphatic carbocycles. The Bertz CT molecular complexity index is 1030. The molecule has 0 saturated carbocycles. The molecule has 2 aromatic carbocycles. The van der Waals surface area contributed by atoms with Gasteiger partial charge >= 0.3 is 0 Å². The number of nitrogens with one attached hydrogen (secondary N) is 1. The van der Waals surface area contributed by atoms with Crippen molar-refractivity contribution in [1.29, 1.82) is 0 Å². The molecular formula is C21H18BrFN2O3. The van der Waals surface area contributed by atoms with E-state index < -0.39 is 0 Å². The highest BCUT2D eigenvalue weighted by Gasteiger charge is 2.21. The highest BCUT2D eigenvalue weighted by Crippen LogP contribution is 2.23. The zero-order valence-corrected chi connectivity index (χ0v) is 16.9. The lowest BCUT2D eigenvalue weighted by Crippen LogP contribution is -2.30. The minimum absolute atomic E-state index is 0.159. The van der Waals surface area contributed by atoms with Crippen molar-refractivity contribution in [3.05, 3.63) is 87.5 Å². The Morgan fingerprint density at radius 3 is 2.57 bits per heavy atom. The number of carbonyl (C=O) groups is 2. The molecular weight excluding hydrogens is 427 g/mol. The van der Waals surface area contributed by atoms with Crippen molar-refractivity contribution in [1.82, 2.24) is 5.32 Å². The van der Waals surface area contributed by atoms with Gasteiger partial charge in [-0.2, -0.15) is 0 Å². The molecule has 0 fully saturated rings. The number of amides is 2. The van der Waals surface area contributed by atoms with E-state index in [9.17, 15) is 14.0 Å². The summed E-state index contributed by atoms with van der Waals surface area (Å²) < 4.78 is 19.1. The van der Waals surface area contributed by atoms with Crippen molar-refractivity contribution in [3.63, 3.8) is 0 Å². The smallest absolute Gasteiger partial charge is 0.293 e. The van der Waals surface area contributed by atoms with Gasteiger partial charge in [0.1, 0.15) is 5.82 Å². The van der Waals surface area contributed by atoms with Crippen molar-refractivity contribution in [2.24, 2.45) is 0 Å². The summed E-state index contributed by atoms with van der Waals surface area (Å²) >= 11 is 3.17. The van der Waals surface area contributed by atoms with E-state index in [1.165, 1.54) is 11.0 Å². The molecule has 1 aromatic heterocycles. The zero-order valence-electron chi connectivity index (χ0n) is 15.3. The van der Waals surface area contributed by atoms with Crippen LogP contribution in [0, 0.1) is 12.7 Å². The Morgan fingerprint density at radius 2 is 1.89 bits per heavy atom. The van der Waals surface area contributed by atoms with E-state index in [4.69, 9.17) is 4.42 Å². The summed E-state index contributed by atoms with van der Waals surface area (Å²) in [6.07, 6.45) is 0. The molecule has 0 spiro atoms. The highest BCUT2D eigenvalue weighted by molar-refractivity contribution is 9.10. The number of carbonyl (C=O) groups excluding carboxylic acids is 2. The van der Waals surface area contributed by atoms with Crippen LogP contribution in [0.15, 0.2) is 63.7 Å². The van der Waals surface area contributed by atoms with Gasteiger partial charge in [0.15, 0.2) is 10.4 Å². The van der Waals surface area contributed by atoms with Gasteiger partial charge in [-0.15, -0.1) is 0 Å². The normalized spacial score (nSPS) is 10.6. The molecule has 5 nitrogen and oxygen atoms in total. The average Bonchev–Trinajstić information content (AvgIpc) is 3.13. The van der Waals surface area contributed by atoms with Crippen LogP contribution >= 0.6 is 15.9 Å². The Hall–Kier alpha value is -2.93. The maximum atomic E-state index is 13.4. The Labute approximate surface area is 170 Å². The maximum absolute atomic E-state index is 13.4. The summed E-state index contributed by atoms with van der Waals surface area (Å²) in [6.45, 7) is 1.92. The number of nitrogens with zero attached hydrogens (tertiary/aromatic N) is 1. The third-order valence-electron chi connectivity index (χ3n) is 4.27. The summed E-state index contributed by atoms with van der Waals surface area (Å²) in [4.78, 5) is 26.7. The van der Waals surface area contributed by atoms with Crippen molar-refractivity contribution in [2.75, 3.05) is 11.9 Å². The number of hydrogen-bond acceptors (Lipinski definition) is 3. The second-order valence-corrected chi connectivity index (χ2v) is 7.03. The highest BCUT2D eigenvalue weighted by atomic mass is 79.9. The van der Waals surface area contributed by atoms with E-state index >= 15 is 0 Å². The fraction of sp³-hybridized carbons (Fsp3) is 0.143. The van der Waals surface area contributed by atoms with E-state index in [1.807, 2.05) is 0 Å². The molecule has 0 aliphatic rings. The van der Waals surface area contributed by atoms with Crippen LogP contribution in [0.3, 0.4) is 0 Å². The molecule has 1 N–H and O–H groups in total. The first-order valence-corrected chi connectivity index (χ1v) is 9.32. The van der Waals surface area contributed by atoms with Gasteiger partial charge in [-0.3, -0.25) is 9.59 Å². The lowest BCUT2D eigenvalue weighted by molar-refractivity contribution is 0.0951. The third-order valence-corrected chi connectivity index (χ3v) is 4.70. The van der Waals surface area contributed by atoms with Gasteiger partial charge in [-0.1, -0.05) is 24.3 Å². The topological polar surface area (TPSA) is 62.6 Å². The second-order valence-electron chi connectivity index (χ2n) is 6.25. The van der Waals surface area contributed by atoms with Crippen molar-refractivity contribution in [2.45, 2.75) is 13.5 Å². The van der Waals surface area contributed by atoms with E-state index in [0.717, 1.165) is 5.56 Å². The van der Waals surface area contributed by atoms with E-state index in [1.54, 1.807) is 62.5 Å². The summed E-state index contributed by atoms with van der Waals surface area (Å²) in [5.74, 6) is -0.838. The summed E-state index contributed by atoms with van der Waals surface area (Å²) in [7, 11) is 1.58. The van der Waals surface area contributed by atoms with Crippen LogP contribution in [-0.2, 0) is 6.54 Å². The number of hydrogen-bond donors (Lipinski definition) is 1. The SMILES string of the molecule is Cc1cc(CNC(=O)c2ccccc2N(C)C(=O)c2ccc(Br)o2)ccc1F. The molecule has 0 atom stereocenters. The van der Waals surface area contributed by atoms with Gasteiger partial charge < -0.3 is 14.6 Å². The summed E-state index contributed by atoms with van der Waals surface area (Å²) in [5, 5.41) is 2.81. The molecule has 0 unspecified atom stereocenters. The van der Waals surface area contributed by atoms with Gasteiger partial charge in [0.05, 0.1) is 11.3 Å². The van der Waals surface area contributed by atoms with Gasteiger partial charge in [0.2, 0.25) is 0 Å². The monoisotopic (exact) mass is 444 g/mol. The van der Waals surface area contributed by atoms with Crippen molar-refractivity contribution < 1.29 is 18.4 Å². The predicted molar refractivity (Wildman–Crippen MR) is 108 cm³/mol. The molecule has 7 heteroatoms. The quantitative estimate of drug-likeness (QED) is 0.620. The largest absolute Gasteiger partial charge is 0.444 e. The van der Waals surface area contributed by atoms with Crippen LogP contribution in [0.25, 0.3) is 0 Å². The number of furan rings is 1. The molecule has 0 aliphatic heterocycles. The van der Waals surface area contributed by atoms with Gasteiger partial charge in [-0.25, -0.2) is 4.39 Å². The van der Waals surface area contributed by atoms with Crippen LogP contribution in [0.5, 0.6) is 0 Å². The van der Waals surface area contributed by atoms with Crippen molar-refractivity contribution >= 4 is 33.4 Å². The molecule has 0 saturated heterocycles. The lowest BCUT2D eigenvalue weighted by atomic mass is 10.1. The first-order valence-electron chi connectivity index (χ1n) is 8.52. The van der Waals surface area contributed by atoms with E-state index in [2.05, 4.69) is 21.2 Å². The molecule has 0 bridgehead atoms. The van der Waals surface area contributed by atoms with Crippen molar-refractivity contribution in [3.8, 4) is 0 Å². The number of aryl methyl sites for hydroxylation is 1. The molecule has 2 amide bonds. The summed E-state index contributed by atoms with van der Waals surface area (Å²) in [6, 6.07) is 14.7. The van der Waals surface area contributed by atoms with Gasteiger partial charge in [-0.05, 0) is 64.3 Å². The Balaban J connectivity index is 1.77. The standard InChI is InChI=1S/C21H18BrFN2O3/c1-13-11-14(7-8-16(13)23)12-24-20(26)15-5-3-4-6-17(15)25(2)21(27)18-9-10-19(22)28-18/h3-11H,12H2,1-2H3,(H,24,26). The first-order chi connectivity index (χ1) is 13.4. The van der Waals surface area contributed by atoms with Crippen LogP contribution in [-0.4, -0.2) is 18.9 Å². The minimum Gasteiger partial charge on any atom is -0.444 e. The van der Waals surface area contributed by atoms with Gasteiger partial charge in [0.25, 0.3) is 11.8 Å². The minimum atomic E-state index is -0.375. The number of para-hydroxylation sites is 1. The Morgan fingerprint density at radius 1 is 1.14 bits per heavy atom. The Kier molecular flexibility index (Phi) is 5.94. The molecule has 144 valence electrons. The second kappa shape index (κ2) is 8.39. The molecule has 1 heterocycles.